The lowest BCUT2D eigenvalue weighted by molar-refractivity contribution is 0.0746. The van der Waals surface area contributed by atoms with Crippen LogP contribution in [-0.2, 0) is 4.74 Å². The highest BCUT2D eigenvalue weighted by Gasteiger charge is 2.19. The molecular weight excluding hydrogens is 258 g/mol. The molecule has 0 spiro atoms. The van der Waals surface area contributed by atoms with E-state index in [0.717, 1.165) is 36.3 Å². The van der Waals surface area contributed by atoms with Crippen LogP contribution < -0.4 is 5.32 Å². The fourth-order valence-electron chi connectivity index (χ4n) is 1.91. The Morgan fingerprint density at radius 2 is 2.20 bits per heavy atom. The molecule has 1 atom stereocenters. The van der Waals surface area contributed by atoms with Crippen molar-refractivity contribution in [1.82, 2.24) is 5.32 Å². The molecule has 1 aromatic heterocycles. The number of rotatable bonds is 3. The summed E-state index contributed by atoms with van der Waals surface area (Å²) in [6, 6.07) is 2.72. The van der Waals surface area contributed by atoms with Gasteiger partial charge in [0.15, 0.2) is 0 Å². The number of hydrogen-bond donors (Lipinski definition) is 1. The molecule has 1 aliphatic rings. The lowest BCUT2D eigenvalue weighted by Gasteiger charge is -2.26. The summed E-state index contributed by atoms with van der Waals surface area (Å²) in [7, 11) is 0. The van der Waals surface area contributed by atoms with Crippen molar-refractivity contribution < 1.29 is 9.15 Å². The van der Waals surface area contributed by atoms with Crippen molar-refractivity contribution in [3.05, 3.63) is 22.6 Å². The first-order chi connectivity index (χ1) is 7.27. The van der Waals surface area contributed by atoms with Crippen LogP contribution in [0.2, 0.25) is 0 Å². The van der Waals surface area contributed by atoms with Crippen LogP contribution in [0.5, 0.6) is 0 Å². The molecule has 3 nitrogen and oxygen atoms in total. The lowest BCUT2D eigenvalue weighted by atomic mass is 10.1. The van der Waals surface area contributed by atoms with Crippen molar-refractivity contribution in [3.63, 3.8) is 0 Å². The monoisotopic (exact) mass is 273 g/mol. The van der Waals surface area contributed by atoms with Gasteiger partial charge >= 0.3 is 0 Å². The zero-order valence-electron chi connectivity index (χ0n) is 8.83. The molecule has 1 aliphatic heterocycles. The predicted molar refractivity (Wildman–Crippen MR) is 61.8 cm³/mol. The van der Waals surface area contributed by atoms with Crippen LogP contribution in [0.4, 0.5) is 0 Å². The highest BCUT2D eigenvalue weighted by Crippen LogP contribution is 2.25. The molecule has 1 N–H and O–H groups in total. The topological polar surface area (TPSA) is 34.4 Å². The molecule has 0 bridgehead atoms. The minimum Gasteiger partial charge on any atom is -0.466 e. The van der Waals surface area contributed by atoms with Crippen molar-refractivity contribution in [2.45, 2.75) is 31.8 Å². The molecule has 0 aliphatic carbocycles. The summed E-state index contributed by atoms with van der Waals surface area (Å²) in [4.78, 5) is 0. The summed E-state index contributed by atoms with van der Waals surface area (Å²) in [5.74, 6) is 0.974. The Bertz CT molecular complexity index is 307. The Hall–Kier alpha value is -0.320. The van der Waals surface area contributed by atoms with Crippen molar-refractivity contribution in [2.75, 3.05) is 13.2 Å². The fourth-order valence-corrected chi connectivity index (χ4v) is 2.45. The second kappa shape index (κ2) is 5.14. The van der Waals surface area contributed by atoms with Gasteiger partial charge in [-0.1, -0.05) is 0 Å². The van der Waals surface area contributed by atoms with Crippen molar-refractivity contribution in [3.8, 4) is 0 Å². The van der Waals surface area contributed by atoms with E-state index in [4.69, 9.17) is 9.15 Å². The second-order valence-corrected chi connectivity index (χ2v) is 4.76. The molecule has 0 radical (unpaired) electrons. The standard InChI is InChI=1S/C11H16BrNO2/c1-8(11-10(12)4-7-15-11)13-9-2-5-14-6-3-9/h4,7-9,13H,2-3,5-6H2,1H3. The second-order valence-electron chi connectivity index (χ2n) is 3.91. The molecule has 15 heavy (non-hydrogen) atoms. The number of furan rings is 1. The molecule has 2 rings (SSSR count). The van der Waals surface area contributed by atoms with Gasteiger partial charge < -0.3 is 14.5 Å². The van der Waals surface area contributed by atoms with Gasteiger partial charge in [0.25, 0.3) is 0 Å². The minimum absolute atomic E-state index is 0.248. The average molecular weight is 274 g/mol. The van der Waals surface area contributed by atoms with Crippen LogP contribution in [0, 0.1) is 0 Å². The van der Waals surface area contributed by atoms with E-state index in [9.17, 15) is 0 Å². The van der Waals surface area contributed by atoms with Crippen molar-refractivity contribution >= 4 is 15.9 Å². The molecule has 0 saturated carbocycles. The van der Waals surface area contributed by atoms with Crippen molar-refractivity contribution in [2.24, 2.45) is 0 Å². The molecule has 84 valence electrons. The molecule has 0 amide bonds. The van der Waals surface area contributed by atoms with E-state index in [0.29, 0.717) is 6.04 Å². The van der Waals surface area contributed by atoms with E-state index >= 15 is 0 Å². The first kappa shape index (κ1) is 11.2. The van der Waals surface area contributed by atoms with Gasteiger partial charge in [-0.2, -0.15) is 0 Å². The van der Waals surface area contributed by atoms with Crippen LogP contribution >= 0.6 is 15.9 Å². The highest BCUT2D eigenvalue weighted by atomic mass is 79.9. The summed E-state index contributed by atoms with van der Waals surface area (Å²) < 4.78 is 11.8. The molecule has 4 heteroatoms. The zero-order valence-corrected chi connectivity index (χ0v) is 10.4. The van der Waals surface area contributed by atoms with Gasteiger partial charge in [0.05, 0.1) is 16.8 Å². The normalized spacial score (nSPS) is 20.4. The zero-order chi connectivity index (χ0) is 10.7. The van der Waals surface area contributed by atoms with Gasteiger partial charge in [0.1, 0.15) is 5.76 Å². The number of nitrogens with one attached hydrogen (secondary N) is 1. The molecule has 1 aromatic rings. The van der Waals surface area contributed by atoms with E-state index in [1.807, 2.05) is 6.07 Å². The van der Waals surface area contributed by atoms with Crippen LogP contribution in [0.25, 0.3) is 0 Å². The van der Waals surface area contributed by atoms with Gasteiger partial charge in [-0.3, -0.25) is 0 Å². The quantitative estimate of drug-likeness (QED) is 0.920. The van der Waals surface area contributed by atoms with Crippen LogP contribution in [0.3, 0.4) is 0 Å². The Kier molecular flexibility index (Phi) is 3.83. The van der Waals surface area contributed by atoms with Crippen LogP contribution in [0.15, 0.2) is 21.2 Å². The summed E-state index contributed by atoms with van der Waals surface area (Å²) in [6.07, 6.45) is 3.88. The van der Waals surface area contributed by atoms with Gasteiger partial charge in [0.2, 0.25) is 0 Å². The van der Waals surface area contributed by atoms with Gasteiger partial charge in [-0.05, 0) is 41.8 Å². The Labute approximate surface area is 98.3 Å². The summed E-state index contributed by atoms with van der Waals surface area (Å²) >= 11 is 3.47. The first-order valence-corrected chi connectivity index (χ1v) is 6.13. The SMILES string of the molecule is CC(NC1CCOCC1)c1occc1Br. The van der Waals surface area contributed by atoms with Gasteiger partial charge in [-0.25, -0.2) is 0 Å². The average Bonchev–Trinajstić information content (AvgIpc) is 2.66. The largest absolute Gasteiger partial charge is 0.466 e. The Morgan fingerprint density at radius 1 is 1.47 bits per heavy atom. The molecule has 1 fully saturated rings. The van der Waals surface area contributed by atoms with Crippen LogP contribution in [-0.4, -0.2) is 19.3 Å². The molecule has 1 unspecified atom stereocenters. The number of ether oxygens (including phenoxy) is 1. The third-order valence-corrected chi connectivity index (χ3v) is 3.40. The summed E-state index contributed by atoms with van der Waals surface area (Å²) in [5, 5.41) is 3.56. The molecule has 0 aromatic carbocycles. The maximum absolute atomic E-state index is 5.43. The summed E-state index contributed by atoms with van der Waals surface area (Å²) in [5.41, 5.74) is 0. The fraction of sp³-hybridized carbons (Fsp3) is 0.636. The highest BCUT2D eigenvalue weighted by molar-refractivity contribution is 9.10. The Balaban J connectivity index is 1.91. The minimum atomic E-state index is 0.248. The van der Waals surface area contributed by atoms with E-state index in [2.05, 4.69) is 28.2 Å². The van der Waals surface area contributed by atoms with E-state index < -0.39 is 0 Å². The van der Waals surface area contributed by atoms with Gasteiger partial charge in [0, 0.05) is 19.3 Å². The van der Waals surface area contributed by atoms with Crippen LogP contribution in [0.1, 0.15) is 31.6 Å². The molecular formula is C11H16BrNO2. The first-order valence-electron chi connectivity index (χ1n) is 5.34. The third-order valence-electron chi connectivity index (χ3n) is 2.75. The number of hydrogen-bond acceptors (Lipinski definition) is 3. The van der Waals surface area contributed by atoms with Crippen molar-refractivity contribution in [1.29, 1.82) is 0 Å². The number of halogens is 1. The maximum atomic E-state index is 5.43. The maximum Gasteiger partial charge on any atom is 0.134 e. The smallest absolute Gasteiger partial charge is 0.134 e. The van der Waals surface area contributed by atoms with E-state index in [-0.39, 0.29) is 6.04 Å². The predicted octanol–water partition coefficient (Wildman–Crippen LogP) is 2.87. The van der Waals surface area contributed by atoms with Gasteiger partial charge in [-0.15, -0.1) is 0 Å². The molecule has 1 saturated heterocycles. The summed E-state index contributed by atoms with van der Waals surface area (Å²) in [6.45, 7) is 3.85. The lowest BCUT2D eigenvalue weighted by Crippen LogP contribution is -2.36. The Morgan fingerprint density at radius 3 is 2.80 bits per heavy atom. The van der Waals surface area contributed by atoms with E-state index in [1.165, 1.54) is 0 Å². The molecule has 2 heterocycles. The third kappa shape index (κ3) is 2.83. The van der Waals surface area contributed by atoms with E-state index in [1.54, 1.807) is 6.26 Å².